The van der Waals surface area contributed by atoms with Gasteiger partial charge in [0.2, 0.25) is 0 Å². The van der Waals surface area contributed by atoms with Crippen LogP contribution in [0, 0.1) is 0 Å². The van der Waals surface area contributed by atoms with Crippen LogP contribution in [0.15, 0.2) is 185 Å². The van der Waals surface area contributed by atoms with Crippen LogP contribution in [0.25, 0.3) is 76.9 Å². The minimum absolute atomic E-state index is 0.852. The molecule has 8 aromatic carbocycles. The third-order valence-corrected chi connectivity index (χ3v) is 9.65. The first-order valence-electron chi connectivity index (χ1n) is 16.6. The van der Waals surface area contributed by atoms with Gasteiger partial charge in [0.05, 0.1) is 11.4 Å². The number of hydrogen-bond acceptors (Lipinski definition) is 3. The van der Waals surface area contributed by atoms with Gasteiger partial charge >= 0.3 is 0 Å². The standard InChI is InChI=1S/C46H29NO2/c1-2-13-30(14-3-1)34-17-6-9-22-41(34)47(33-25-26-37-36-19-8-11-24-43(36)48-45(37)29-33)42-23-10-7-18-35(42)38-20-12-21-39-40-27-31-15-4-5-16-32(31)28-44(40)49-46(38)39/h1-29H. The molecule has 0 fully saturated rings. The summed E-state index contributed by atoms with van der Waals surface area (Å²) in [6, 6.07) is 62.0. The second-order valence-electron chi connectivity index (χ2n) is 12.5. The van der Waals surface area contributed by atoms with Gasteiger partial charge in [-0.3, -0.25) is 0 Å². The summed E-state index contributed by atoms with van der Waals surface area (Å²) in [4.78, 5) is 2.36. The molecule has 2 aromatic heterocycles. The molecule has 0 unspecified atom stereocenters. The monoisotopic (exact) mass is 627 g/mol. The lowest BCUT2D eigenvalue weighted by Gasteiger charge is -2.29. The number of anilines is 3. The van der Waals surface area contributed by atoms with Gasteiger partial charge in [-0.2, -0.15) is 0 Å². The fourth-order valence-corrected chi connectivity index (χ4v) is 7.38. The average molecular weight is 628 g/mol. The van der Waals surface area contributed by atoms with Crippen molar-refractivity contribution >= 4 is 71.7 Å². The van der Waals surface area contributed by atoms with Gasteiger partial charge < -0.3 is 13.7 Å². The van der Waals surface area contributed by atoms with E-state index >= 15 is 0 Å². The molecule has 0 radical (unpaired) electrons. The highest BCUT2D eigenvalue weighted by molar-refractivity contribution is 6.14. The highest BCUT2D eigenvalue weighted by Crippen LogP contribution is 2.47. The molecule has 0 saturated heterocycles. The Hall–Kier alpha value is -6.58. The molecule has 3 heteroatoms. The zero-order valence-electron chi connectivity index (χ0n) is 26.5. The lowest BCUT2D eigenvalue weighted by molar-refractivity contribution is 0.669. The molecule has 0 aliphatic heterocycles. The second kappa shape index (κ2) is 11.0. The Kier molecular flexibility index (Phi) is 6.18. The quantitative estimate of drug-likeness (QED) is 0.190. The van der Waals surface area contributed by atoms with Crippen molar-refractivity contribution in [3.05, 3.63) is 176 Å². The normalized spacial score (nSPS) is 11.7. The molecule has 0 aliphatic rings. The molecule has 0 spiro atoms. The third-order valence-electron chi connectivity index (χ3n) is 9.65. The first-order chi connectivity index (χ1) is 24.3. The van der Waals surface area contributed by atoms with E-state index in [-0.39, 0.29) is 0 Å². The van der Waals surface area contributed by atoms with E-state index in [1.165, 1.54) is 10.8 Å². The lowest BCUT2D eigenvalue weighted by Crippen LogP contribution is -2.12. The summed E-state index contributed by atoms with van der Waals surface area (Å²) in [5.41, 5.74) is 11.0. The first kappa shape index (κ1) is 27.5. The molecule has 3 nitrogen and oxygen atoms in total. The maximum atomic E-state index is 6.74. The molecule has 0 aliphatic carbocycles. The van der Waals surface area contributed by atoms with Crippen molar-refractivity contribution in [2.45, 2.75) is 0 Å². The first-order valence-corrected chi connectivity index (χ1v) is 16.6. The Morgan fingerprint density at radius 3 is 1.82 bits per heavy atom. The van der Waals surface area contributed by atoms with Crippen molar-refractivity contribution in [1.29, 1.82) is 0 Å². The van der Waals surface area contributed by atoms with Crippen molar-refractivity contribution in [2.75, 3.05) is 4.90 Å². The van der Waals surface area contributed by atoms with E-state index in [1.807, 2.05) is 12.1 Å². The van der Waals surface area contributed by atoms with E-state index in [1.54, 1.807) is 0 Å². The van der Waals surface area contributed by atoms with E-state index in [0.29, 0.717) is 0 Å². The minimum Gasteiger partial charge on any atom is -0.456 e. The van der Waals surface area contributed by atoms with Gasteiger partial charge in [-0.1, -0.05) is 127 Å². The Balaban J connectivity index is 1.24. The van der Waals surface area contributed by atoms with Crippen molar-refractivity contribution in [2.24, 2.45) is 0 Å². The molecule has 10 aromatic rings. The summed E-state index contributed by atoms with van der Waals surface area (Å²) in [5.74, 6) is 0. The van der Waals surface area contributed by atoms with Crippen molar-refractivity contribution in [1.82, 2.24) is 0 Å². The highest BCUT2D eigenvalue weighted by atomic mass is 16.3. The summed E-state index contributed by atoms with van der Waals surface area (Å²) in [7, 11) is 0. The molecule has 0 amide bonds. The van der Waals surface area contributed by atoms with Crippen LogP contribution in [0.3, 0.4) is 0 Å². The third kappa shape index (κ3) is 4.44. The number of fused-ring (bicyclic) bond motifs is 7. The van der Waals surface area contributed by atoms with Gasteiger partial charge in [0.25, 0.3) is 0 Å². The van der Waals surface area contributed by atoms with Crippen molar-refractivity contribution in [3.8, 4) is 22.3 Å². The van der Waals surface area contributed by atoms with Crippen LogP contribution in [-0.2, 0) is 0 Å². The smallest absolute Gasteiger partial charge is 0.143 e. The predicted octanol–water partition coefficient (Wildman–Crippen LogP) is 13.4. The zero-order chi connectivity index (χ0) is 32.3. The number of rotatable bonds is 5. The largest absolute Gasteiger partial charge is 0.456 e. The van der Waals surface area contributed by atoms with Crippen LogP contribution in [0.4, 0.5) is 17.1 Å². The molecule has 0 bridgehead atoms. The van der Waals surface area contributed by atoms with Gasteiger partial charge in [0, 0.05) is 50.0 Å². The van der Waals surface area contributed by atoms with Crippen LogP contribution in [-0.4, -0.2) is 0 Å². The summed E-state index contributed by atoms with van der Waals surface area (Å²) in [5, 5.41) is 6.81. The molecule has 49 heavy (non-hydrogen) atoms. The van der Waals surface area contributed by atoms with Crippen molar-refractivity contribution < 1.29 is 8.83 Å². The van der Waals surface area contributed by atoms with Gasteiger partial charge in [0.15, 0.2) is 0 Å². The Morgan fingerprint density at radius 1 is 0.347 bits per heavy atom. The predicted molar refractivity (Wildman–Crippen MR) is 204 cm³/mol. The molecular formula is C46H29NO2. The van der Waals surface area contributed by atoms with E-state index in [0.717, 1.165) is 83.2 Å². The average Bonchev–Trinajstić information content (AvgIpc) is 3.72. The van der Waals surface area contributed by atoms with E-state index in [9.17, 15) is 0 Å². The molecule has 2 heterocycles. The van der Waals surface area contributed by atoms with Crippen LogP contribution in [0.1, 0.15) is 0 Å². The number of benzene rings is 8. The van der Waals surface area contributed by atoms with E-state index in [4.69, 9.17) is 8.83 Å². The summed E-state index contributed by atoms with van der Waals surface area (Å²) < 4.78 is 13.2. The van der Waals surface area contributed by atoms with Crippen LogP contribution < -0.4 is 4.90 Å². The Labute approximate surface area is 282 Å². The minimum atomic E-state index is 0.852. The Bertz CT molecular complexity index is 2840. The lowest BCUT2D eigenvalue weighted by atomic mass is 9.97. The highest BCUT2D eigenvalue weighted by Gasteiger charge is 2.23. The fourth-order valence-electron chi connectivity index (χ4n) is 7.38. The number of para-hydroxylation sites is 4. The molecule has 10 rings (SSSR count). The molecule has 0 saturated carbocycles. The second-order valence-corrected chi connectivity index (χ2v) is 12.5. The maximum absolute atomic E-state index is 6.74. The van der Waals surface area contributed by atoms with E-state index < -0.39 is 0 Å². The molecule has 0 N–H and O–H groups in total. The zero-order valence-corrected chi connectivity index (χ0v) is 26.5. The topological polar surface area (TPSA) is 29.5 Å². The Morgan fingerprint density at radius 2 is 0.959 bits per heavy atom. The maximum Gasteiger partial charge on any atom is 0.143 e. The SMILES string of the molecule is c1ccc(-c2ccccc2N(c2ccc3c(c2)oc2ccccc23)c2ccccc2-c2cccc3c2oc2cc4ccccc4cc23)cc1. The summed E-state index contributed by atoms with van der Waals surface area (Å²) in [6.07, 6.45) is 0. The van der Waals surface area contributed by atoms with Gasteiger partial charge in [-0.05, 0) is 58.8 Å². The molecule has 230 valence electrons. The van der Waals surface area contributed by atoms with Gasteiger partial charge in [-0.15, -0.1) is 0 Å². The van der Waals surface area contributed by atoms with Crippen LogP contribution in [0.2, 0.25) is 0 Å². The van der Waals surface area contributed by atoms with E-state index in [2.05, 4.69) is 169 Å². The fraction of sp³-hybridized carbons (Fsp3) is 0. The number of nitrogens with zero attached hydrogens (tertiary/aromatic N) is 1. The van der Waals surface area contributed by atoms with Gasteiger partial charge in [-0.25, -0.2) is 0 Å². The van der Waals surface area contributed by atoms with Crippen molar-refractivity contribution in [3.63, 3.8) is 0 Å². The summed E-state index contributed by atoms with van der Waals surface area (Å²) >= 11 is 0. The number of furan rings is 2. The summed E-state index contributed by atoms with van der Waals surface area (Å²) in [6.45, 7) is 0. The number of hydrogen-bond donors (Lipinski definition) is 0. The molecule has 0 atom stereocenters. The molecular weight excluding hydrogens is 599 g/mol. The van der Waals surface area contributed by atoms with Gasteiger partial charge in [0.1, 0.15) is 22.3 Å². The van der Waals surface area contributed by atoms with Crippen LogP contribution >= 0.6 is 0 Å². The van der Waals surface area contributed by atoms with Crippen LogP contribution in [0.5, 0.6) is 0 Å².